The molecule has 0 saturated heterocycles. The molecule has 0 aliphatic rings. The Morgan fingerprint density at radius 1 is 1.16 bits per heavy atom. The summed E-state index contributed by atoms with van der Waals surface area (Å²) in [5.74, 6) is -2.13. The van der Waals surface area contributed by atoms with Crippen molar-refractivity contribution in [1.82, 2.24) is 0 Å². The van der Waals surface area contributed by atoms with Crippen LogP contribution in [0.4, 0.5) is 4.39 Å². The number of hydrogen-bond donors (Lipinski definition) is 1. The number of aromatic hydroxyl groups is 1. The fourth-order valence-corrected chi connectivity index (χ4v) is 2.56. The second-order valence-corrected chi connectivity index (χ2v) is 5.35. The molecule has 0 aliphatic heterocycles. The second kappa shape index (κ2) is 6.68. The highest BCUT2D eigenvalue weighted by Crippen LogP contribution is 2.22. The molecule has 0 saturated carbocycles. The lowest BCUT2D eigenvalue weighted by Crippen LogP contribution is -2.26. The first-order valence-corrected chi connectivity index (χ1v) is 7.65. The lowest BCUT2D eigenvalue weighted by Gasteiger charge is -2.06. The van der Waals surface area contributed by atoms with Crippen molar-refractivity contribution in [2.24, 2.45) is 0 Å². The Hall–Kier alpha value is -3.28. The number of carbonyl (C=O) groups is 2. The lowest BCUT2D eigenvalue weighted by molar-refractivity contribution is -0.512. The van der Waals surface area contributed by atoms with Gasteiger partial charge in [-0.1, -0.05) is 0 Å². The van der Waals surface area contributed by atoms with Gasteiger partial charge in [0.05, 0.1) is 17.7 Å². The van der Waals surface area contributed by atoms with Crippen LogP contribution in [0.5, 0.6) is 5.75 Å². The van der Waals surface area contributed by atoms with Crippen molar-refractivity contribution in [3.63, 3.8) is 0 Å². The minimum absolute atomic E-state index is 0.132. The maximum Gasteiger partial charge on any atom is 0.344 e. The standard InChI is InChI=1S/C19H14FNO4/c1-2-25-19(24)14-9-12(11-21-8-4-3-5-16(14)21)18(23)15-10-13(20)6-7-17(15)22/h3-11H,2H2,1H3/p+1. The summed E-state index contributed by atoms with van der Waals surface area (Å²) in [6, 6.07) is 9.75. The van der Waals surface area contributed by atoms with Crippen LogP contribution < -0.4 is 4.40 Å². The van der Waals surface area contributed by atoms with E-state index in [4.69, 9.17) is 4.74 Å². The Morgan fingerprint density at radius 3 is 2.72 bits per heavy atom. The summed E-state index contributed by atoms with van der Waals surface area (Å²) in [6.45, 7) is 1.88. The van der Waals surface area contributed by atoms with Crippen LogP contribution in [0.25, 0.3) is 5.52 Å². The number of rotatable bonds is 4. The first-order chi connectivity index (χ1) is 12.0. The van der Waals surface area contributed by atoms with Gasteiger partial charge in [-0.3, -0.25) is 4.79 Å². The molecule has 25 heavy (non-hydrogen) atoms. The first-order valence-electron chi connectivity index (χ1n) is 7.65. The van der Waals surface area contributed by atoms with Gasteiger partial charge in [0.15, 0.2) is 12.4 Å². The predicted molar refractivity (Wildman–Crippen MR) is 87.1 cm³/mol. The summed E-state index contributed by atoms with van der Waals surface area (Å²) in [4.78, 5) is 24.9. The molecule has 2 aromatic heterocycles. The molecule has 126 valence electrons. The fraction of sp³-hybridized carbons (Fsp3) is 0.105. The zero-order valence-electron chi connectivity index (χ0n) is 13.4. The van der Waals surface area contributed by atoms with Gasteiger partial charge in [0.2, 0.25) is 11.3 Å². The zero-order chi connectivity index (χ0) is 18.0. The average molecular weight is 340 g/mol. The summed E-state index contributed by atoms with van der Waals surface area (Å²) < 4.78 is 20.1. The van der Waals surface area contributed by atoms with E-state index in [1.165, 1.54) is 12.3 Å². The van der Waals surface area contributed by atoms with Crippen LogP contribution in [-0.4, -0.2) is 23.5 Å². The van der Waals surface area contributed by atoms with Crippen LogP contribution in [0.15, 0.2) is 54.9 Å². The Morgan fingerprint density at radius 2 is 1.96 bits per heavy atom. The highest BCUT2D eigenvalue weighted by Gasteiger charge is 2.23. The van der Waals surface area contributed by atoms with E-state index in [-0.39, 0.29) is 29.0 Å². The number of halogens is 1. The molecule has 3 aromatic rings. The molecular formula is C19H15FNO4+. The molecule has 3 rings (SSSR count). The number of carbonyl (C=O) groups excluding carboxylic acids is 2. The molecule has 1 aromatic carbocycles. The van der Waals surface area contributed by atoms with E-state index in [0.29, 0.717) is 5.52 Å². The minimum Gasteiger partial charge on any atom is -0.507 e. The van der Waals surface area contributed by atoms with E-state index in [2.05, 4.69) is 0 Å². The number of aromatic nitrogens is 1. The van der Waals surface area contributed by atoms with Gasteiger partial charge in [0.1, 0.15) is 17.1 Å². The summed E-state index contributed by atoms with van der Waals surface area (Å²) >= 11 is 0. The van der Waals surface area contributed by atoms with Gasteiger partial charge in [0.25, 0.3) is 0 Å². The molecule has 0 amide bonds. The predicted octanol–water partition coefficient (Wildman–Crippen LogP) is 2.68. The maximum absolute atomic E-state index is 13.4. The topological polar surface area (TPSA) is 67.7 Å². The Balaban J connectivity index is 2.18. The third kappa shape index (κ3) is 3.19. The number of ketones is 1. The van der Waals surface area contributed by atoms with E-state index in [1.54, 1.807) is 35.7 Å². The Kier molecular flexibility index (Phi) is 4.43. The van der Waals surface area contributed by atoms with Crippen LogP contribution >= 0.6 is 0 Å². The quantitative estimate of drug-likeness (QED) is 0.450. The van der Waals surface area contributed by atoms with Gasteiger partial charge < -0.3 is 9.84 Å². The van der Waals surface area contributed by atoms with Crippen molar-refractivity contribution in [2.45, 2.75) is 6.92 Å². The summed E-state index contributed by atoms with van der Waals surface area (Å²) in [6.07, 6.45) is 3.20. The molecule has 2 heterocycles. The maximum atomic E-state index is 13.4. The Bertz CT molecular complexity index is 984. The number of ether oxygens (including phenoxy) is 1. The first kappa shape index (κ1) is 16.6. The van der Waals surface area contributed by atoms with Crippen LogP contribution in [0.3, 0.4) is 0 Å². The minimum atomic E-state index is -0.639. The van der Waals surface area contributed by atoms with Crippen LogP contribution in [0, 0.1) is 5.82 Å². The molecule has 0 radical (unpaired) electrons. The number of benzene rings is 1. The average Bonchev–Trinajstić information content (AvgIpc) is 2.62. The fourth-order valence-electron chi connectivity index (χ4n) is 2.56. The number of nitrogens with zero attached hydrogens (tertiary/aromatic N) is 1. The highest BCUT2D eigenvalue weighted by atomic mass is 19.1. The molecule has 0 bridgehead atoms. The van der Waals surface area contributed by atoms with Crippen molar-refractivity contribution < 1.29 is 28.2 Å². The van der Waals surface area contributed by atoms with Crippen LogP contribution in [0.1, 0.15) is 33.2 Å². The Labute approximate surface area is 142 Å². The van der Waals surface area contributed by atoms with E-state index in [0.717, 1.165) is 18.2 Å². The van der Waals surface area contributed by atoms with Crippen molar-refractivity contribution >= 4 is 17.3 Å². The van der Waals surface area contributed by atoms with Gasteiger partial charge in [-0.05, 0) is 37.3 Å². The molecule has 6 heteroatoms. The third-order valence-corrected chi connectivity index (χ3v) is 3.70. The van der Waals surface area contributed by atoms with E-state index >= 15 is 0 Å². The number of fused-ring (bicyclic) bond motifs is 1. The van der Waals surface area contributed by atoms with E-state index in [1.807, 2.05) is 0 Å². The van der Waals surface area contributed by atoms with Crippen molar-refractivity contribution in [3.05, 3.63) is 77.4 Å². The molecule has 0 aliphatic carbocycles. The molecule has 0 fully saturated rings. The van der Waals surface area contributed by atoms with Crippen molar-refractivity contribution in [3.8, 4) is 5.75 Å². The number of phenols is 1. The third-order valence-electron chi connectivity index (χ3n) is 3.70. The number of pyridine rings is 2. The van der Waals surface area contributed by atoms with Gasteiger partial charge >= 0.3 is 5.97 Å². The van der Waals surface area contributed by atoms with E-state index in [9.17, 15) is 19.1 Å². The van der Waals surface area contributed by atoms with Gasteiger partial charge in [-0.2, -0.15) is 4.40 Å². The smallest absolute Gasteiger partial charge is 0.344 e. The molecular weight excluding hydrogens is 325 g/mol. The zero-order valence-corrected chi connectivity index (χ0v) is 13.4. The molecule has 0 atom stereocenters. The SMILES string of the molecule is CCOC(=O)c1cc(C(=O)c2cc(F)ccc2O)c[n+]2ccccc12. The number of esters is 1. The summed E-state index contributed by atoms with van der Waals surface area (Å²) in [5.41, 5.74) is 0.739. The largest absolute Gasteiger partial charge is 0.507 e. The normalized spacial score (nSPS) is 10.6. The van der Waals surface area contributed by atoms with Crippen molar-refractivity contribution in [1.29, 1.82) is 0 Å². The monoisotopic (exact) mass is 340 g/mol. The van der Waals surface area contributed by atoms with Gasteiger partial charge in [0, 0.05) is 12.1 Å². The van der Waals surface area contributed by atoms with Crippen LogP contribution in [0.2, 0.25) is 0 Å². The van der Waals surface area contributed by atoms with E-state index < -0.39 is 17.6 Å². The second-order valence-electron chi connectivity index (χ2n) is 5.35. The molecule has 0 unspecified atom stereocenters. The highest BCUT2D eigenvalue weighted by molar-refractivity contribution is 6.11. The van der Waals surface area contributed by atoms with Gasteiger partial charge in [-0.25, -0.2) is 9.18 Å². The number of hydrogen-bond acceptors (Lipinski definition) is 4. The molecule has 0 spiro atoms. The van der Waals surface area contributed by atoms with Crippen molar-refractivity contribution in [2.75, 3.05) is 6.61 Å². The summed E-state index contributed by atoms with van der Waals surface area (Å²) in [5, 5.41) is 9.86. The van der Waals surface area contributed by atoms with Gasteiger partial charge in [-0.15, -0.1) is 0 Å². The lowest BCUT2D eigenvalue weighted by atomic mass is 10.0. The van der Waals surface area contributed by atoms with Crippen LogP contribution in [-0.2, 0) is 4.74 Å². The summed E-state index contributed by atoms with van der Waals surface area (Å²) in [7, 11) is 0. The molecule has 5 nitrogen and oxygen atoms in total. The molecule has 1 N–H and O–H groups in total. The number of phenolic OH excluding ortho intramolecular Hbond substituents is 1.